The first-order valence-corrected chi connectivity index (χ1v) is 5.41. The molecule has 0 bridgehead atoms. The first-order valence-electron chi connectivity index (χ1n) is 5.41. The summed E-state index contributed by atoms with van der Waals surface area (Å²) in [6.45, 7) is 2.50. The van der Waals surface area contributed by atoms with E-state index in [4.69, 9.17) is 15.2 Å². The van der Waals surface area contributed by atoms with E-state index in [0.29, 0.717) is 29.7 Å². The fourth-order valence-electron chi connectivity index (χ4n) is 1.40. The van der Waals surface area contributed by atoms with Gasteiger partial charge in [-0.25, -0.2) is 4.98 Å². The van der Waals surface area contributed by atoms with Gasteiger partial charge in [-0.05, 0) is 31.2 Å². The van der Waals surface area contributed by atoms with Gasteiger partial charge >= 0.3 is 0 Å². The Bertz CT molecular complexity index is 500. The average Bonchev–Trinajstić information content (AvgIpc) is 2.35. The van der Waals surface area contributed by atoms with Crippen LogP contribution < -0.4 is 15.2 Å². The molecule has 0 radical (unpaired) electrons. The molecule has 4 heteroatoms. The fraction of sp³-hybridized carbons (Fsp3) is 0.154. The standard InChI is InChI=1S/C13H14N2O2/c1-2-16-11-7-3-4-8-12(11)17-13-10(14)6-5-9-15-13/h3-9H,2,14H2,1H3. The number of benzene rings is 1. The van der Waals surface area contributed by atoms with Crippen molar-refractivity contribution < 1.29 is 9.47 Å². The molecule has 2 N–H and O–H groups in total. The number of ether oxygens (including phenoxy) is 2. The minimum absolute atomic E-state index is 0.389. The predicted octanol–water partition coefficient (Wildman–Crippen LogP) is 2.85. The zero-order valence-corrected chi connectivity index (χ0v) is 9.59. The summed E-state index contributed by atoms with van der Waals surface area (Å²) in [5, 5.41) is 0. The number of hydrogen-bond donors (Lipinski definition) is 1. The molecule has 0 amide bonds. The van der Waals surface area contributed by atoms with Crippen molar-refractivity contribution in [2.45, 2.75) is 6.92 Å². The summed E-state index contributed by atoms with van der Waals surface area (Å²) in [6.07, 6.45) is 1.63. The SMILES string of the molecule is CCOc1ccccc1Oc1ncccc1N. The van der Waals surface area contributed by atoms with Gasteiger partial charge < -0.3 is 15.2 Å². The van der Waals surface area contributed by atoms with E-state index in [-0.39, 0.29) is 0 Å². The molecular weight excluding hydrogens is 216 g/mol. The van der Waals surface area contributed by atoms with E-state index in [9.17, 15) is 0 Å². The van der Waals surface area contributed by atoms with Crippen molar-refractivity contribution in [1.29, 1.82) is 0 Å². The largest absolute Gasteiger partial charge is 0.490 e. The second-order valence-corrected chi connectivity index (χ2v) is 3.38. The van der Waals surface area contributed by atoms with Gasteiger partial charge in [0.05, 0.1) is 12.3 Å². The molecule has 0 atom stereocenters. The van der Waals surface area contributed by atoms with Crippen LogP contribution in [0.1, 0.15) is 6.92 Å². The van der Waals surface area contributed by atoms with Crippen molar-refractivity contribution in [3.8, 4) is 17.4 Å². The molecule has 2 rings (SSSR count). The summed E-state index contributed by atoms with van der Waals surface area (Å²) >= 11 is 0. The molecule has 0 aliphatic heterocycles. The summed E-state index contributed by atoms with van der Waals surface area (Å²) in [4.78, 5) is 4.07. The zero-order chi connectivity index (χ0) is 12.1. The molecule has 0 aliphatic carbocycles. The first-order chi connectivity index (χ1) is 8.31. The molecule has 1 heterocycles. The van der Waals surface area contributed by atoms with E-state index >= 15 is 0 Å². The molecule has 0 aliphatic rings. The summed E-state index contributed by atoms with van der Waals surface area (Å²) in [6, 6.07) is 10.9. The Balaban J connectivity index is 2.27. The van der Waals surface area contributed by atoms with Crippen molar-refractivity contribution in [2.75, 3.05) is 12.3 Å². The van der Waals surface area contributed by atoms with Crippen LogP contribution in [-0.4, -0.2) is 11.6 Å². The van der Waals surface area contributed by atoms with Crippen LogP contribution in [-0.2, 0) is 0 Å². The van der Waals surface area contributed by atoms with Crippen LogP contribution in [0.5, 0.6) is 17.4 Å². The third-order valence-electron chi connectivity index (χ3n) is 2.16. The van der Waals surface area contributed by atoms with E-state index in [1.807, 2.05) is 31.2 Å². The van der Waals surface area contributed by atoms with E-state index in [1.165, 1.54) is 0 Å². The molecular formula is C13H14N2O2. The van der Waals surface area contributed by atoms with Crippen LogP contribution in [0.25, 0.3) is 0 Å². The highest BCUT2D eigenvalue weighted by Gasteiger charge is 2.07. The number of hydrogen-bond acceptors (Lipinski definition) is 4. The molecule has 1 aromatic heterocycles. The van der Waals surface area contributed by atoms with Crippen molar-refractivity contribution in [2.24, 2.45) is 0 Å². The summed E-state index contributed by atoms with van der Waals surface area (Å²) < 4.78 is 11.1. The van der Waals surface area contributed by atoms with Crippen LogP contribution in [0.2, 0.25) is 0 Å². The Kier molecular flexibility index (Phi) is 3.45. The van der Waals surface area contributed by atoms with Gasteiger partial charge in [-0.3, -0.25) is 0 Å². The minimum Gasteiger partial charge on any atom is -0.490 e. The quantitative estimate of drug-likeness (QED) is 0.877. The number of nitrogens with zero attached hydrogens (tertiary/aromatic N) is 1. The zero-order valence-electron chi connectivity index (χ0n) is 9.59. The summed E-state index contributed by atoms with van der Waals surface area (Å²) in [5.41, 5.74) is 6.26. The molecule has 2 aromatic rings. The lowest BCUT2D eigenvalue weighted by atomic mass is 10.3. The third-order valence-corrected chi connectivity index (χ3v) is 2.16. The van der Waals surface area contributed by atoms with Crippen LogP contribution >= 0.6 is 0 Å². The maximum atomic E-state index is 5.76. The molecule has 0 fully saturated rings. The second kappa shape index (κ2) is 5.21. The Hall–Kier alpha value is -2.23. The molecule has 0 unspecified atom stereocenters. The normalized spacial score (nSPS) is 9.94. The van der Waals surface area contributed by atoms with E-state index in [1.54, 1.807) is 18.3 Å². The molecule has 0 saturated heterocycles. The van der Waals surface area contributed by atoms with Gasteiger partial charge in [0, 0.05) is 6.20 Å². The van der Waals surface area contributed by atoms with Gasteiger partial charge in [-0.15, -0.1) is 0 Å². The summed E-state index contributed by atoms with van der Waals surface area (Å²) in [5.74, 6) is 1.68. The van der Waals surface area contributed by atoms with Gasteiger partial charge in [0.15, 0.2) is 11.5 Å². The molecule has 1 aromatic carbocycles. The molecule has 0 saturated carbocycles. The molecule has 0 spiro atoms. The number of aromatic nitrogens is 1. The van der Waals surface area contributed by atoms with E-state index in [2.05, 4.69) is 4.98 Å². The van der Waals surface area contributed by atoms with Gasteiger partial charge in [-0.2, -0.15) is 0 Å². The van der Waals surface area contributed by atoms with Crippen LogP contribution in [0.15, 0.2) is 42.6 Å². The van der Waals surface area contributed by atoms with Gasteiger partial charge in [0.1, 0.15) is 0 Å². The lowest BCUT2D eigenvalue weighted by Gasteiger charge is -2.11. The highest BCUT2D eigenvalue weighted by Crippen LogP contribution is 2.32. The van der Waals surface area contributed by atoms with Gasteiger partial charge in [0.25, 0.3) is 0 Å². The Labute approximate surface area is 100 Å². The van der Waals surface area contributed by atoms with Crippen molar-refractivity contribution in [1.82, 2.24) is 4.98 Å². The smallest absolute Gasteiger partial charge is 0.242 e. The van der Waals surface area contributed by atoms with Crippen molar-refractivity contribution in [3.05, 3.63) is 42.6 Å². The molecule has 17 heavy (non-hydrogen) atoms. The lowest BCUT2D eigenvalue weighted by molar-refractivity contribution is 0.320. The Morgan fingerprint density at radius 1 is 1.12 bits per heavy atom. The number of nitrogens with two attached hydrogens (primary N) is 1. The third kappa shape index (κ3) is 2.66. The van der Waals surface area contributed by atoms with Gasteiger partial charge in [-0.1, -0.05) is 12.1 Å². The maximum absolute atomic E-state index is 5.76. The van der Waals surface area contributed by atoms with Gasteiger partial charge in [0.2, 0.25) is 5.88 Å². The summed E-state index contributed by atoms with van der Waals surface area (Å²) in [7, 11) is 0. The van der Waals surface area contributed by atoms with Crippen molar-refractivity contribution >= 4 is 5.69 Å². The predicted molar refractivity (Wildman–Crippen MR) is 66.3 cm³/mol. The number of anilines is 1. The fourth-order valence-corrected chi connectivity index (χ4v) is 1.40. The first kappa shape index (κ1) is 11.3. The average molecular weight is 230 g/mol. The molecule has 88 valence electrons. The van der Waals surface area contributed by atoms with E-state index in [0.717, 1.165) is 0 Å². The van der Waals surface area contributed by atoms with E-state index < -0.39 is 0 Å². The Morgan fingerprint density at radius 2 is 1.88 bits per heavy atom. The van der Waals surface area contributed by atoms with Crippen LogP contribution in [0.4, 0.5) is 5.69 Å². The van der Waals surface area contributed by atoms with Crippen LogP contribution in [0, 0.1) is 0 Å². The number of nitrogen functional groups attached to an aromatic ring is 1. The number of rotatable bonds is 4. The van der Waals surface area contributed by atoms with Crippen molar-refractivity contribution in [3.63, 3.8) is 0 Å². The Morgan fingerprint density at radius 3 is 2.59 bits per heavy atom. The van der Waals surface area contributed by atoms with Crippen LogP contribution in [0.3, 0.4) is 0 Å². The number of para-hydroxylation sites is 2. The highest BCUT2D eigenvalue weighted by atomic mass is 16.5. The second-order valence-electron chi connectivity index (χ2n) is 3.38. The maximum Gasteiger partial charge on any atom is 0.242 e. The highest BCUT2D eigenvalue weighted by molar-refractivity contribution is 5.51. The topological polar surface area (TPSA) is 57.4 Å². The monoisotopic (exact) mass is 230 g/mol. The lowest BCUT2D eigenvalue weighted by Crippen LogP contribution is -1.97. The molecule has 4 nitrogen and oxygen atoms in total. The minimum atomic E-state index is 0.389. The number of pyridine rings is 1.